The molecule has 1 fully saturated rings. The van der Waals surface area contributed by atoms with Crippen LogP contribution in [-0.2, 0) is 14.3 Å². The number of rotatable bonds is 6. The number of ether oxygens (including phenoxy) is 1. The number of hydrogen-bond acceptors (Lipinski definition) is 5. The Morgan fingerprint density at radius 1 is 1.38 bits per heavy atom. The predicted octanol–water partition coefficient (Wildman–Crippen LogP) is -1.82. The zero-order valence-electron chi connectivity index (χ0n) is 14.1. The minimum Gasteiger partial charge on any atom is -0.545 e. The van der Waals surface area contributed by atoms with Gasteiger partial charge in [0.1, 0.15) is 13.1 Å². The van der Waals surface area contributed by atoms with Gasteiger partial charge in [0.05, 0.1) is 5.97 Å². The van der Waals surface area contributed by atoms with E-state index < -0.39 is 11.9 Å². The summed E-state index contributed by atoms with van der Waals surface area (Å²) in [6.45, 7) is 5.87. The Balaban J connectivity index is 0.000000561. The number of carbonyl (C=O) groups is 3. The fraction of sp³-hybridized carbons (Fsp3) is 0.562. The first-order valence-corrected chi connectivity index (χ1v) is 7.57. The summed E-state index contributed by atoms with van der Waals surface area (Å²) in [4.78, 5) is 31.3. The second kappa shape index (κ2) is 10.3. The molecule has 1 amide bonds. The Labute approximate surface area is 141 Å². The SMILES string of the molecule is C#CC(CC)(CC)[NH+]1CC(OC(=O)NC)C1.O=C([O-])/C=C/C(=O)O. The Kier molecular flexibility index (Phi) is 9.20. The molecule has 1 rings (SSSR count). The Morgan fingerprint density at radius 3 is 2.21 bits per heavy atom. The van der Waals surface area contributed by atoms with Gasteiger partial charge in [-0.05, 0) is 12.0 Å². The van der Waals surface area contributed by atoms with Crippen LogP contribution < -0.4 is 15.3 Å². The van der Waals surface area contributed by atoms with Crippen LogP contribution in [0.1, 0.15) is 26.7 Å². The summed E-state index contributed by atoms with van der Waals surface area (Å²) in [6.07, 6.45) is 8.14. The number of likely N-dealkylation sites (tertiary alicyclic amines) is 1. The van der Waals surface area contributed by atoms with Crippen molar-refractivity contribution in [3.63, 3.8) is 0 Å². The second-order valence-electron chi connectivity index (χ2n) is 5.21. The van der Waals surface area contributed by atoms with Crippen molar-refractivity contribution in [1.29, 1.82) is 0 Å². The zero-order valence-corrected chi connectivity index (χ0v) is 14.1. The first-order valence-electron chi connectivity index (χ1n) is 7.57. The van der Waals surface area contributed by atoms with Crippen molar-refractivity contribution in [1.82, 2.24) is 5.32 Å². The van der Waals surface area contributed by atoms with E-state index in [1.165, 1.54) is 4.90 Å². The third kappa shape index (κ3) is 6.71. The highest BCUT2D eigenvalue weighted by Gasteiger charge is 2.46. The van der Waals surface area contributed by atoms with E-state index in [9.17, 15) is 19.5 Å². The Hall–Kier alpha value is -2.53. The van der Waals surface area contributed by atoms with Gasteiger partial charge in [-0.2, -0.15) is 0 Å². The average molecular weight is 340 g/mol. The Morgan fingerprint density at radius 2 is 1.92 bits per heavy atom. The van der Waals surface area contributed by atoms with Crippen LogP contribution in [0.3, 0.4) is 0 Å². The van der Waals surface area contributed by atoms with Crippen LogP contribution in [0, 0.1) is 12.3 Å². The van der Waals surface area contributed by atoms with Crippen LogP contribution in [0.5, 0.6) is 0 Å². The largest absolute Gasteiger partial charge is 0.545 e. The summed E-state index contributed by atoms with van der Waals surface area (Å²) in [5.41, 5.74) is -0.0808. The summed E-state index contributed by atoms with van der Waals surface area (Å²) in [6, 6.07) is 0. The molecule has 0 aromatic rings. The lowest BCUT2D eigenvalue weighted by Gasteiger charge is -2.44. The van der Waals surface area contributed by atoms with Crippen molar-refractivity contribution < 1.29 is 34.2 Å². The number of carbonyl (C=O) groups excluding carboxylic acids is 2. The van der Waals surface area contributed by atoms with Crippen molar-refractivity contribution in [2.45, 2.75) is 38.3 Å². The molecule has 0 aliphatic carbocycles. The lowest BCUT2D eigenvalue weighted by atomic mass is 9.88. The first kappa shape index (κ1) is 21.5. The van der Waals surface area contributed by atoms with Crippen molar-refractivity contribution in [2.24, 2.45) is 0 Å². The van der Waals surface area contributed by atoms with Gasteiger partial charge in [0, 0.05) is 26.0 Å². The van der Waals surface area contributed by atoms with Gasteiger partial charge in [0.2, 0.25) is 6.10 Å². The third-order valence-corrected chi connectivity index (χ3v) is 3.95. The van der Waals surface area contributed by atoms with Gasteiger partial charge in [-0.1, -0.05) is 13.8 Å². The highest BCUT2D eigenvalue weighted by Crippen LogP contribution is 2.12. The number of quaternary nitrogens is 1. The molecule has 0 aromatic heterocycles. The van der Waals surface area contributed by atoms with Crippen LogP contribution in [0.15, 0.2) is 12.2 Å². The lowest BCUT2D eigenvalue weighted by Crippen LogP contribution is -3.28. The van der Waals surface area contributed by atoms with Gasteiger partial charge in [-0.25, -0.2) is 9.59 Å². The van der Waals surface area contributed by atoms with E-state index in [1.807, 2.05) is 0 Å². The quantitative estimate of drug-likeness (QED) is 0.387. The van der Waals surface area contributed by atoms with Crippen LogP contribution >= 0.6 is 0 Å². The zero-order chi connectivity index (χ0) is 18.8. The minimum atomic E-state index is -1.51. The molecule has 1 aliphatic rings. The molecule has 0 aromatic carbocycles. The summed E-state index contributed by atoms with van der Waals surface area (Å²) in [5, 5.41) is 19.7. The van der Waals surface area contributed by atoms with E-state index in [2.05, 4.69) is 25.1 Å². The molecule has 0 bridgehead atoms. The molecule has 24 heavy (non-hydrogen) atoms. The van der Waals surface area contributed by atoms with Crippen molar-refractivity contribution in [2.75, 3.05) is 20.1 Å². The van der Waals surface area contributed by atoms with E-state index in [0.717, 1.165) is 25.9 Å². The van der Waals surface area contributed by atoms with Gasteiger partial charge < -0.3 is 30.0 Å². The molecule has 0 spiro atoms. The highest BCUT2D eigenvalue weighted by atomic mass is 16.6. The summed E-state index contributed by atoms with van der Waals surface area (Å²) < 4.78 is 5.15. The Bertz CT molecular complexity index is 497. The van der Waals surface area contributed by atoms with E-state index in [0.29, 0.717) is 12.2 Å². The first-order chi connectivity index (χ1) is 11.2. The predicted molar refractivity (Wildman–Crippen MR) is 84.0 cm³/mol. The number of nitrogens with one attached hydrogen (secondary N) is 2. The lowest BCUT2D eigenvalue weighted by molar-refractivity contribution is -0.988. The molecule has 8 heteroatoms. The normalized spacial score (nSPS) is 19.2. The maximum atomic E-state index is 11.0. The molecule has 1 saturated heterocycles. The van der Waals surface area contributed by atoms with Crippen LogP contribution in [-0.4, -0.2) is 54.9 Å². The van der Waals surface area contributed by atoms with Crippen LogP contribution in [0.4, 0.5) is 4.79 Å². The third-order valence-electron chi connectivity index (χ3n) is 3.95. The average Bonchev–Trinajstić information content (AvgIpc) is 2.52. The molecule has 0 unspecified atom stereocenters. The molecule has 0 saturated carbocycles. The molecule has 1 aliphatic heterocycles. The summed E-state index contributed by atoms with van der Waals surface area (Å²) >= 11 is 0. The standard InChI is InChI=1S/C12H20N2O2.C4H4O4/c1-5-12(6-2,7-3)14-8-10(9-14)16-11(15)13-4;5-3(6)1-2-4(7)8/h1,10H,6-9H2,2-4H3,(H,13,15);1-2H,(H,5,6)(H,7,8)/b;2-1+. The van der Waals surface area contributed by atoms with E-state index in [1.54, 1.807) is 7.05 Å². The van der Waals surface area contributed by atoms with Gasteiger partial charge in [0.15, 0.2) is 5.54 Å². The maximum Gasteiger partial charge on any atom is 0.407 e. The van der Waals surface area contributed by atoms with Crippen LogP contribution in [0.2, 0.25) is 0 Å². The summed E-state index contributed by atoms with van der Waals surface area (Å²) in [7, 11) is 1.56. The molecular formula is C16H24N2O6. The number of hydrogen-bond donors (Lipinski definition) is 3. The van der Waals surface area contributed by atoms with Gasteiger partial charge in [-0.15, -0.1) is 6.42 Å². The molecule has 8 nitrogen and oxygen atoms in total. The van der Waals surface area contributed by atoms with Crippen molar-refractivity contribution in [3.8, 4) is 12.3 Å². The fourth-order valence-corrected chi connectivity index (χ4v) is 2.37. The second-order valence-corrected chi connectivity index (χ2v) is 5.21. The van der Waals surface area contributed by atoms with E-state index in [4.69, 9.17) is 16.3 Å². The number of carboxylic acid groups (broad SMARTS) is 2. The maximum absolute atomic E-state index is 11.0. The topological polar surface area (TPSA) is 120 Å². The van der Waals surface area contributed by atoms with Gasteiger partial charge in [0.25, 0.3) is 0 Å². The number of carboxylic acids is 2. The van der Waals surface area contributed by atoms with Crippen molar-refractivity contribution >= 4 is 18.0 Å². The monoisotopic (exact) mass is 340 g/mol. The number of alkyl carbamates (subject to hydrolysis) is 1. The number of aliphatic carboxylic acids is 2. The minimum absolute atomic E-state index is 0.0146. The van der Waals surface area contributed by atoms with E-state index >= 15 is 0 Å². The number of terminal acetylenes is 1. The number of amides is 1. The van der Waals surface area contributed by atoms with Crippen molar-refractivity contribution in [3.05, 3.63) is 12.2 Å². The molecule has 0 radical (unpaired) electrons. The highest BCUT2D eigenvalue weighted by molar-refractivity contribution is 5.88. The fourth-order valence-electron chi connectivity index (χ4n) is 2.37. The molecule has 0 atom stereocenters. The molecule has 1 heterocycles. The van der Waals surface area contributed by atoms with Gasteiger partial charge >= 0.3 is 12.1 Å². The smallest absolute Gasteiger partial charge is 0.407 e. The van der Waals surface area contributed by atoms with E-state index in [-0.39, 0.29) is 17.7 Å². The molecule has 3 N–H and O–H groups in total. The summed E-state index contributed by atoms with van der Waals surface area (Å²) in [5.74, 6) is 0.107. The molecule has 134 valence electrons. The van der Waals surface area contributed by atoms with Crippen LogP contribution in [0.25, 0.3) is 0 Å². The molecular weight excluding hydrogens is 316 g/mol. The van der Waals surface area contributed by atoms with Gasteiger partial charge in [-0.3, -0.25) is 0 Å².